The third-order valence-electron chi connectivity index (χ3n) is 5.12. The quantitative estimate of drug-likeness (QED) is 0.785. The first-order valence-corrected chi connectivity index (χ1v) is 9.31. The minimum Gasteiger partial charge on any atom is -0.353 e. The van der Waals surface area contributed by atoms with E-state index in [0.29, 0.717) is 12.5 Å². The van der Waals surface area contributed by atoms with Gasteiger partial charge < -0.3 is 5.32 Å². The Morgan fingerprint density at radius 3 is 2.63 bits per heavy atom. The Hall–Kier alpha value is -2.67. The van der Waals surface area contributed by atoms with Crippen molar-refractivity contribution in [3.63, 3.8) is 0 Å². The van der Waals surface area contributed by atoms with Crippen molar-refractivity contribution in [2.45, 2.75) is 39.4 Å². The van der Waals surface area contributed by atoms with Gasteiger partial charge in [0, 0.05) is 37.9 Å². The lowest BCUT2D eigenvalue weighted by Gasteiger charge is -2.38. The van der Waals surface area contributed by atoms with Gasteiger partial charge in [-0.3, -0.25) is 24.0 Å². The van der Waals surface area contributed by atoms with E-state index in [-0.39, 0.29) is 18.5 Å². The number of nitrogens with zero attached hydrogens (tertiary/aromatic N) is 2. The Morgan fingerprint density at radius 2 is 1.93 bits per heavy atom. The number of carbonyl (C=O) groups excluding carboxylic acids is 1. The molecular formula is C20H26N4O3. The van der Waals surface area contributed by atoms with Crippen molar-refractivity contribution in [1.29, 1.82) is 0 Å². The van der Waals surface area contributed by atoms with Crippen molar-refractivity contribution in [3.8, 4) is 0 Å². The van der Waals surface area contributed by atoms with Crippen LogP contribution in [0.1, 0.15) is 25.0 Å². The highest BCUT2D eigenvalue weighted by Gasteiger charge is 2.26. The summed E-state index contributed by atoms with van der Waals surface area (Å²) in [4.78, 5) is 39.7. The van der Waals surface area contributed by atoms with Gasteiger partial charge in [-0.2, -0.15) is 0 Å². The van der Waals surface area contributed by atoms with E-state index in [1.54, 1.807) is 0 Å². The third kappa shape index (κ3) is 4.74. The molecule has 0 spiro atoms. The number of aromatic nitrogens is 2. The monoisotopic (exact) mass is 370 g/mol. The average Bonchev–Trinajstić information content (AvgIpc) is 2.64. The number of rotatable bonds is 6. The Bertz CT molecular complexity index is 916. The topological polar surface area (TPSA) is 87.2 Å². The Kier molecular flexibility index (Phi) is 5.91. The first-order chi connectivity index (χ1) is 12.9. The molecule has 0 unspecified atom stereocenters. The van der Waals surface area contributed by atoms with Crippen LogP contribution in [0, 0.1) is 5.92 Å². The molecule has 3 rings (SSSR count). The Balaban J connectivity index is 1.61. The maximum atomic E-state index is 12.3. The molecule has 7 heteroatoms. The van der Waals surface area contributed by atoms with Gasteiger partial charge in [0.05, 0.1) is 0 Å². The largest absolute Gasteiger partial charge is 0.353 e. The lowest BCUT2D eigenvalue weighted by molar-refractivity contribution is -0.122. The minimum absolute atomic E-state index is 0.108. The number of amides is 1. The van der Waals surface area contributed by atoms with Gasteiger partial charge in [0.25, 0.3) is 5.56 Å². The maximum Gasteiger partial charge on any atom is 0.328 e. The second-order valence-corrected chi connectivity index (χ2v) is 7.34. The molecule has 1 aliphatic rings. The van der Waals surface area contributed by atoms with Crippen LogP contribution < -0.4 is 16.6 Å². The van der Waals surface area contributed by atoms with Crippen LogP contribution in [0.2, 0.25) is 0 Å². The van der Waals surface area contributed by atoms with Crippen LogP contribution in [-0.2, 0) is 24.3 Å². The van der Waals surface area contributed by atoms with Crippen LogP contribution in [-0.4, -0.2) is 39.5 Å². The van der Waals surface area contributed by atoms with E-state index in [1.165, 1.54) is 28.0 Å². The zero-order chi connectivity index (χ0) is 19.4. The molecule has 0 fully saturated rings. The Morgan fingerprint density at radius 1 is 1.19 bits per heavy atom. The summed E-state index contributed by atoms with van der Waals surface area (Å²) in [6.07, 6.45) is 2.35. The van der Waals surface area contributed by atoms with Crippen LogP contribution >= 0.6 is 0 Å². The first kappa shape index (κ1) is 19.1. The number of nitrogens with one attached hydrogen (secondary N) is 2. The summed E-state index contributed by atoms with van der Waals surface area (Å²) in [6, 6.07) is 9.94. The van der Waals surface area contributed by atoms with Crippen LogP contribution in [0.25, 0.3) is 0 Å². The third-order valence-corrected chi connectivity index (χ3v) is 5.12. The summed E-state index contributed by atoms with van der Waals surface area (Å²) in [7, 11) is 0. The highest BCUT2D eigenvalue weighted by molar-refractivity contribution is 5.75. The number of fused-ring (bicyclic) bond motifs is 1. The summed E-state index contributed by atoms with van der Waals surface area (Å²) in [5, 5.41) is 2.94. The van der Waals surface area contributed by atoms with Crippen molar-refractivity contribution in [2.24, 2.45) is 5.92 Å². The standard InChI is InChI=1S/C20H26N4O3/c1-14(2)17(23-9-7-15-5-3-4-6-16(15)12-23)11-21-19(26)13-24-10-8-18(25)22-20(24)27/h3-6,8,10,14,17H,7,9,11-13H2,1-2H3,(H,21,26)(H,22,25,27)/t17-/m0/s1. The number of hydrogen-bond acceptors (Lipinski definition) is 4. The fourth-order valence-electron chi connectivity index (χ4n) is 3.58. The molecule has 1 atom stereocenters. The van der Waals surface area contributed by atoms with Crippen molar-refractivity contribution >= 4 is 5.91 Å². The molecule has 1 amide bonds. The second-order valence-electron chi connectivity index (χ2n) is 7.34. The van der Waals surface area contributed by atoms with E-state index >= 15 is 0 Å². The lowest BCUT2D eigenvalue weighted by Crippen LogP contribution is -2.49. The number of hydrogen-bond donors (Lipinski definition) is 2. The van der Waals surface area contributed by atoms with E-state index in [1.807, 2.05) is 0 Å². The number of benzene rings is 1. The second kappa shape index (κ2) is 8.35. The number of H-pyrrole nitrogens is 1. The lowest BCUT2D eigenvalue weighted by atomic mass is 9.95. The van der Waals surface area contributed by atoms with Crippen LogP contribution in [0.5, 0.6) is 0 Å². The molecule has 2 heterocycles. The molecule has 2 aromatic rings. The van der Waals surface area contributed by atoms with E-state index < -0.39 is 11.2 Å². The molecule has 7 nitrogen and oxygen atoms in total. The molecule has 27 heavy (non-hydrogen) atoms. The fraction of sp³-hybridized carbons (Fsp3) is 0.450. The van der Waals surface area contributed by atoms with E-state index in [4.69, 9.17) is 0 Å². The molecule has 0 saturated carbocycles. The number of aromatic amines is 1. The van der Waals surface area contributed by atoms with Gasteiger partial charge in [-0.25, -0.2) is 4.79 Å². The molecule has 0 aliphatic carbocycles. The maximum absolute atomic E-state index is 12.3. The van der Waals surface area contributed by atoms with Gasteiger partial charge >= 0.3 is 5.69 Å². The molecule has 0 radical (unpaired) electrons. The van der Waals surface area contributed by atoms with E-state index in [0.717, 1.165) is 19.5 Å². The van der Waals surface area contributed by atoms with Crippen molar-refractivity contribution in [1.82, 2.24) is 19.8 Å². The van der Waals surface area contributed by atoms with Crippen LogP contribution in [0.15, 0.2) is 46.1 Å². The van der Waals surface area contributed by atoms with Gasteiger partial charge in [-0.1, -0.05) is 38.1 Å². The highest BCUT2D eigenvalue weighted by atomic mass is 16.2. The predicted octanol–water partition coefficient (Wildman–Crippen LogP) is 0.736. The summed E-state index contributed by atoms with van der Waals surface area (Å²) in [5.74, 6) is 0.138. The summed E-state index contributed by atoms with van der Waals surface area (Å²) in [6.45, 7) is 6.58. The molecule has 1 aromatic carbocycles. The summed E-state index contributed by atoms with van der Waals surface area (Å²) in [5.41, 5.74) is 1.70. The average molecular weight is 370 g/mol. The molecule has 0 saturated heterocycles. The first-order valence-electron chi connectivity index (χ1n) is 9.31. The van der Waals surface area contributed by atoms with Gasteiger partial charge in [-0.05, 0) is 23.5 Å². The van der Waals surface area contributed by atoms with Crippen molar-refractivity contribution < 1.29 is 4.79 Å². The molecular weight excluding hydrogens is 344 g/mol. The molecule has 0 bridgehead atoms. The SMILES string of the molecule is CC(C)[C@H](CNC(=O)Cn1ccc(=O)[nH]c1=O)N1CCc2ccccc2C1. The van der Waals surface area contributed by atoms with Crippen molar-refractivity contribution in [2.75, 3.05) is 13.1 Å². The fourth-order valence-corrected chi connectivity index (χ4v) is 3.58. The summed E-state index contributed by atoms with van der Waals surface area (Å²) < 4.78 is 1.19. The molecule has 1 aliphatic heterocycles. The van der Waals surface area contributed by atoms with Gasteiger partial charge in [0.1, 0.15) is 6.54 Å². The smallest absolute Gasteiger partial charge is 0.328 e. The molecule has 2 N–H and O–H groups in total. The van der Waals surface area contributed by atoms with Gasteiger partial charge in [0.2, 0.25) is 5.91 Å². The zero-order valence-corrected chi connectivity index (χ0v) is 15.8. The van der Waals surface area contributed by atoms with Crippen molar-refractivity contribution in [3.05, 3.63) is 68.5 Å². The van der Waals surface area contributed by atoms with Gasteiger partial charge in [-0.15, -0.1) is 0 Å². The van der Waals surface area contributed by atoms with Crippen LogP contribution in [0.4, 0.5) is 0 Å². The minimum atomic E-state index is -0.578. The van der Waals surface area contributed by atoms with Gasteiger partial charge in [0.15, 0.2) is 0 Å². The highest BCUT2D eigenvalue weighted by Crippen LogP contribution is 2.22. The van der Waals surface area contributed by atoms with E-state index in [9.17, 15) is 14.4 Å². The zero-order valence-electron chi connectivity index (χ0n) is 15.8. The number of carbonyl (C=O) groups is 1. The van der Waals surface area contributed by atoms with E-state index in [2.05, 4.69) is 53.3 Å². The van der Waals surface area contributed by atoms with Crippen LogP contribution in [0.3, 0.4) is 0 Å². The Labute approximate surface area is 158 Å². The molecule has 1 aromatic heterocycles. The predicted molar refractivity (Wildman–Crippen MR) is 104 cm³/mol. The summed E-state index contributed by atoms with van der Waals surface area (Å²) >= 11 is 0. The molecule has 144 valence electrons. The normalized spacial score (nSPS) is 15.4.